The third-order valence-electron chi connectivity index (χ3n) is 3.24. The Morgan fingerprint density at radius 3 is 2.75 bits per heavy atom. The highest BCUT2D eigenvalue weighted by Gasteiger charge is 2.16. The van der Waals surface area contributed by atoms with Crippen LogP contribution in [0.25, 0.3) is 0 Å². The average Bonchev–Trinajstić information content (AvgIpc) is 2.20. The lowest BCUT2D eigenvalue weighted by Gasteiger charge is -2.26. The molecule has 88 valence electrons. The minimum atomic E-state index is 0.737. The third kappa shape index (κ3) is 2.76. The lowest BCUT2D eigenvalue weighted by molar-refractivity contribution is 0.335. The summed E-state index contributed by atoms with van der Waals surface area (Å²) in [7, 11) is 0. The van der Waals surface area contributed by atoms with E-state index < -0.39 is 0 Å². The Kier molecular flexibility index (Phi) is 3.83. The summed E-state index contributed by atoms with van der Waals surface area (Å²) in [5, 5.41) is 3.57. The molecule has 1 N–H and O–H groups in total. The molecule has 0 atom stereocenters. The first kappa shape index (κ1) is 11.5. The first-order valence-corrected chi connectivity index (χ1v) is 6.25. The smallest absolute Gasteiger partial charge is 0.122 e. The molecule has 1 saturated carbocycles. The van der Waals surface area contributed by atoms with Crippen molar-refractivity contribution in [3.8, 4) is 5.75 Å². The summed E-state index contributed by atoms with van der Waals surface area (Å²) >= 11 is 0. The van der Waals surface area contributed by atoms with Crippen molar-refractivity contribution in [2.24, 2.45) is 0 Å². The normalized spacial score (nSPS) is 15.9. The molecule has 0 bridgehead atoms. The molecular weight excluding hydrogens is 198 g/mol. The second kappa shape index (κ2) is 5.35. The van der Waals surface area contributed by atoms with E-state index in [-0.39, 0.29) is 0 Å². The van der Waals surface area contributed by atoms with Gasteiger partial charge in [-0.15, -0.1) is 0 Å². The Hall–Kier alpha value is -1.02. The summed E-state index contributed by atoms with van der Waals surface area (Å²) < 4.78 is 5.53. The molecule has 0 aliphatic heterocycles. The Balaban J connectivity index is 1.91. The van der Waals surface area contributed by atoms with Crippen molar-refractivity contribution in [2.45, 2.75) is 45.7 Å². The van der Waals surface area contributed by atoms with Gasteiger partial charge in [-0.3, -0.25) is 0 Å². The van der Waals surface area contributed by atoms with Crippen LogP contribution in [0.1, 0.15) is 37.3 Å². The Morgan fingerprint density at radius 1 is 1.38 bits per heavy atom. The van der Waals surface area contributed by atoms with Gasteiger partial charge >= 0.3 is 0 Å². The van der Waals surface area contributed by atoms with E-state index in [0.717, 1.165) is 24.9 Å². The van der Waals surface area contributed by atoms with Gasteiger partial charge in [-0.25, -0.2) is 0 Å². The summed E-state index contributed by atoms with van der Waals surface area (Å²) in [6.07, 6.45) is 4.08. The SMILES string of the molecule is CCOc1ccc(CNC2CCC2)cc1C. The van der Waals surface area contributed by atoms with Crippen molar-refractivity contribution in [1.82, 2.24) is 5.32 Å². The molecule has 0 aromatic heterocycles. The summed E-state index contributed by atoms with van der Waals surface area (Å²) in [6, 6.07) is 7.21. The minimum Gasteiger partial charge on any atom is -0.494 e. The second-order valence-electron chi connectivity index (χ2n) is 4.54. The molecule has 2 heteroatoms. The van der Waals surface area contributed by atoms with Crippen LogP contribution in [0.15, 0.2) is 18.2 Å². The highest BCUT2D eigenvalue weighted by atomic mass is 16.5. The van der Waals surface area contributed by atoms with E-state index in [1.165, 1.54) is 30.4 Å². The number of hydrogen-bond donors (Lipinski definition) is 1. The first-order chi connectivity index (χ1) is 7.79. The van der Waals surface area contributed by atoms with Gasteiger partial charge in [-0.1, -0.05) is 18.6 Å². The number of ether oxygens (including phenoxy) is 1. The van der Waals surface area contributed by atoms with Crippen molar-refractivity contribution < 1.29 is 4.74 Å². The molecule has 0 heterocycles. The molecule has 1 aliphatic rings. The number of rotatable bonds is 5. The van der Waals surface area contributed by atoms with Gasteiger partial charge in [-0.2, -0.15) is 0 Å². The maximum Gasteiger partial charge on any atom is 0.122 e. The maximum atomic E-state index is 5.53. The van der Waals surface area contributed by atoms with Gasteiger partial charge in [0.15, 0.2) is 0 Å². The van der Waals surface area contributed by atoms with Crippen LogP contribution in [0.3, 0.4) is 0 Å². The van der Waals surface area contributed by atoms with Crippen molar-refractivity contribution in [1.29, 1.82) is 0 Å². The first-order valence-electron chi connectivity index (χ1n) is 6.25. The molecule has 1 aromatic carbocycles. The fourth-order valence-corrected chi connectivity index (χ4v) is 2.01. The predicted molar refractivity (Wildman–Crippen MR) is 66.8 cm³/mol. The molecule has 0 saturated heterocycles. The summed E-state index contributed by atoms with van der Waals surface area (Å²) in [6.45, 7) is 5.85. The van der Waals surface area contributed by atoms with E-state index >= 15 is 0 Å². The van der Waals surface area contributed by atoms with E-state index in [4.69, 9.17) is 4.74 Å². The zero-order valence-corrected chi connectivity index (χ0v) is 10.3. The molecule has 0 unspecified atom stereocenters. The van der Waals surface area contributed by atoms with Crippen LogP contribution in [-0.2, 0) is 6.54 Å². The molecular formula is C14H21NO. The van der Waals surface area contributed by atoms with Crippen LogP contribution in [0.4, 0.5) is 0 Å². The van der Waals surface area contributed by atoms with E-state index in [2.05, 4.69) is 30.4 Å². The van der Waals surface area contributed by atoms with E-state index in [0.29, 0.717) is 0 Å². The van der Waals surface area contributed by atoms with E-state index in [1.807, 2.05) is 6.92 Å². The van der Waals surface area contributed by atoms with Gasteiger partial charge in [0, 0.05) is 12.6 Å². The fraction of sp³-hybridized carbons (Fsp3) is 0.571. The van der Waals surface area contributed by atoms with Crippen molar-refractivity contribution >= 4 is 0 Å². The highest BCUT2D eigenvalue weighted by molar-refractivity contribution is 5.36. The minimum absolute atomic E-state index is 0.737. The molecule has 1 aliphatic carbocycles. The van der Waals surface area contributed by atoms with Gasteiger partial charge in [0.25, 0.3) is 0 Å². The fourth-order valence-electron chi connectivity index (χ4n) is 2.01. The lowest BCUT2D eigenvalue weighted by atomic mass is 9.93. The summed E-state index contributed by atoms with van der Waals surface area (Å²) in [4.78, 5) is 0. The third-order valence-corrected chi connectivity index (χ3v) is 3.24. The van der Waals surface area contributed by atoms with Crippen molar-refractivity contribution in [3.05, 3.63) is 29.3 Å². The van der Waals surface area contributed by atoms with Crippen LogP contribution in [0.2, 0.25) is 0 Å². The number of benzene rings is 1. The number of nitrogens with one attached hydrogen (secondary N) is 1. The molecule has 0 amide bonds. The topological polar surface area (TPSA) is 21.3 Å². The quantitative estimate of drug-likeness (QED) is 0.822. The van der Waals surface area contributed by atoms with Crippen LogP contribution >= 0.6 is 0 Å². The number of aryl methyl sites for hydroxylation is 1. The monoisotopic (exact) mass is 219 g/mol. The summed E-state index contributed by atoms with van der Waals surface area (Å²) in [5.74, 6) is 1.01. The molecule has 0 radical (unpaired) electrons. The molecule has 0 spiro atoms. The van der Waals surface area contributed by atoms with Gasteiger partial charge in [0.05, 0.1) is 6.61 Å². The Labute approximate surface area is 98.0 Å². The van der Waals surface area contributed by atoms with Crippen LogP contribution in [-0.4, -0.2) is 12.6 Å². The zero-order valence-electron chi connectivity index (χ0n) is 10.3. The second-order valence-corrected chi connectivity index (χ2v) is 4.54. The van der Waals surface area contributed by atoms with Crippen LogP contribution < -0.4 is 10.1 Å². The van der Waals surface area contributed by atoms with Crippen molar-refractivity contribution in [2.75, 3.05) is 6.61 Å². The average molecular weight is 219 g/mol. The highest BCUT2D eigenvalue weighted by Crippen LogP contribution is 2.21. The molecule has 1 fully saturated rings. The summed E-state index contributed by atoms with van der Waals surface area (Å²) in [5.41, 5.74) is 2.59. The van der Waals surface area contributed by atoms with Crippen molar-refractivity contribution in [3.63, 3.8) is 0 Å². The van der Waals surface area contributed by atoms with Gasteiger partial charge < -0.3 is 10.1 Å². The largest absolute Gasteiger partial charge is 0.494 e. The number of hydrogen-bond acceptors (Lipinski definition) is 2. The van der Waals surface area contributed by atoms with Crippen LogP contribution in [0.5, 0.6) is 5.75 Å². The predicted octanol–water partition coefficient (Wildman–Crippen LogP) is 3.04. The molecule has 2 nitrogen and oxygen atoms in total. The Bertz CT molecular complexity index is 345. The Morgan fingerprint density at radius 2 is 2.19 bits per heavy atom. The lowest BCUT2D eigenvalue weighted by Crippen LogP contribution is -2.34. The van der Waals surface area contributed by atoms with E-state index in [1.54, 1.807) is 0 Å². The molecule has 1 aromatic rings. The maximum absolute atomic E-state index is 5.53. The van der Waals surface area contributed by atoms with Gasteiger partial charge in [0.2, 0.25) is 0 Å². The molecule has 16 heavy (non-hydrogen) atoms. The molecule has 2 rings (SSSR count). The standard InChI is InChI=1S/C14H21NO/c1-3-16-14-8-7-12(9-11(14)2)10-15-13-5-4-6-13/h7-9,13,15H,3-6,10H2,1-2H3. The zero-order chi connectivity index (χ0) is 11.4. The van der Waals surface area contributed by atoms with Gasteiger partial charge in [0.1, 0.15) is 5.75 Å². The van der Waals surface area contributed by atoms with Gasteiger partial charge in [-0.05, 0) is 43.9 Å². The van der Waals surface area contributed by atoms with Crippen LogP contribution in [0, 0.1) is 6.92 Å². The van der Waals surface area contributed by atoms with E-state index in [9.17, 15) is 0 Å².